The summed E-state index contributed by atoms with van der Waals surface area (Å²) in [4.78, 5) is 26.9. The van der Waals surface area contributed by atoms with Crippen molar-refractivity contribution in [1.82, 2.24) is 20.4 Å². The Labute approximate surface area is 161 Å². The van der Waals surface area contributed by atoms with Gasteiger partial charge in [-0.15, -0.1) is 0 Å². The summed E-state index contributed by atoms with van der Waals surface area (Å²) >= 11 is 6.31. The van der Waals surface area contributed by atoms with Crippen molar-refractivity contribution in [1.29, 1.82) is 0 Å². The number of hydrogen-bond donors (Lipinski definition) is 3. The van der Waals surface area contributed by atoms with Crippen molar-refractivity contribution < 1.29 is 14.3 Å². The zero-order valence-electron chi connectivity index (χ0n) is 14.7. The van der Waals surface area contributed by atoms with Crippen LogP contribution >= 0.6 is 11.6 Å². The summed E-state index contributed by atoms with van der Waals surface area (Å²) in [5.41, 5.74) is 3.19. The highest BCUT2D eigenvalue weighted by atomic mass is 35.5. The third-order valence-electron chi connectivity index (χ3n) is 4.78. The van der Waals surface area contributed by atoms with E-state index in [1.165, 1.54) is 0 Å². The number of amides is 2. The van der Waals surface area contributed by atoms with Gasteiger partial charge in [0.05, 0.1) is 23.8 Å². The average molecular weight is 390 g/mol. The first kappa shape index (κ1) is 18.0. The number of H-pyrrole nitrogens is 1. The Morgan fingerprint density at radius 3 is 2.85 bits per heavy atom. The second-order valence-corrected chi connectivity index (χ2v) is 6.92. The van der Waals surface area contributed by atoms with Crippen molar-refractivity contribution in [2.75, 3.05) is 38.2 Å². The summed E-state index contributed by atoms with van der Waals surface area (Å²) in [6.07, 6.45) is 0.819. The number of fused-ring (bicyclic) bond motifs is 1. The predicted octanol–water partition coefficient (Wildman–Crippen LogP) is 1.43. The van der Waals surface area contributed by atoms with Crippen LogP contribution in [-0.4, -0.2) is 59.8 Å². The number of halogens is 1. The monoisotopic (exact) mass is 389 g/mol. The van der Waals surface area contributed by atoms with Gasteiger partial charge in [-0.1, -0.05) is 11.6 Å². The highest BCUT2D eigenvalue weighted by Gasteiger charge is 2.23. The van der Waals surface area contributed by atoms with Crippen molar-refractivity contribution in [2.24, 2.45) is 0 Å². The Hall–Kier alpha value is -2.42. The molecular weight excluding hydrogens is 370 g/mol. The standard InChI is InChI=1S/C18H20ClN5O3/c19-14-9-11(1-2-12(14)18(26)24-5-7-27-8-6-24)21-17(25)16-13-10-20-4-3-15(13)22-23-16/h1-2,9,20H,3-8,10H2,(H,21,25)(H,22,23). The lowest BCUT2D eigenvalue weighted by molar-refractivity contribution is 0.0303. The summed E-state index contributed by atoms with van der Waals surface area (Å²) in [6.45, 7) is 3.63. The van der Waals surface area contributed by atoms with Gasteiger partial charge < -0.3 is 20.3 Å². The fourth-order valence-electron chi connectivity index (χ4n) is 3.31. The Morgan fingerprint density at radius 1 is 1.26 bits per heavy atom. The van der Waals surface area contributed by atoms with Crippen LogP contribution in [0, 0.1) is 0 Å². The lowest BCUT2D eigenvalue weighted by Gasteiger charge is -2.27. The lowest BCUT2D eigenvalue weighted by Crippen LogP contribution is -2.40. The molecule has 1 fully saturated rings. The van der Waals surface area contributed by atoms with Crippen LogP contribution in [0.25, 0.3) is 0 Å². The van der Waals surface area contributed by atoms with E-state index >= 15 is 0 Å². The Morgan fingerprint density at radius 2 is 2.07 bits per heavy atom. The van der Waals surface area contributed by atoms with E-state index in [9.17, 15) is 9.59 Å². The molecule has 0 radical (unpaired) electrons. The van der Waals surface area contributed by atoms with Crippen molar-refractivity contribution in [3.05, 3.63) is 45.7 Å². The molecule has 3 N–H and O–H groups in total. The predicted molar refractivity (Wildman–Crippen MR) is 100 cm³/mol. The molecular formula is C18H20ClN5O3. The van der Waals surface area contributed by atoms with Crippen LogP contribution < -0.4 is 10.6 Å². The second kappa shape index (κ2) is 7.67. The van der Waals surface area contributed by atoms with Crippen LogP contribution in [0.5, 0.6) is 0 Å². The number of carbonyl (C=O) groups is 2. The van der Waals surface area contributed by atoms with E-state index in [-0.39, 0.29) is 11.8 Å². The van der Waals surface area contributed by atoms with Gasteiger partial charge in [0.15, 0.2) is 5.69 Å². The molecule has 1 aromatic heterocycles. The SMILES string of the molecule is O=C(Nc1ccc(C(=O)N2CCOCC2)c(Cl)c1)c1n[nH]c2c1CNCC2. The molecule has 27 heavy (non-hydrogen) atoms. The molecule has 0 atom stereocenters. The fourth-order valence-corrected chi connectivity index (χ4v) is 3.57. The van der Waals surface area contributed by atoms with E-state index < -0.39 is 0 Å². The molecule has 4 rings (SSSR count). The minimum Gasteiger partial charge on any atom is -0.378 e. The van der Waals surface area contributed by atoms with Gasteiger partial charge >= 0.3 is 0 Å². The Kier molecular flexibility index (Phi) is 5.11. The first-order valence-electron chi connectivity index (χ1n) is 8.88. The number of benzene rings is 1. The van der Waals surface area contributed by atoms with Gasteiger partial charge in [-0.25, -0.2) is 0 Å². The van der Waals surface area contributed by atoms with E-state index in [2.05, 4.69) is 20.8 Å². The van der Waals surface area contributed by atoms with Crippen molar-refractivity contribution in [2.45, 2.75) is 13.0 Å². The van der Waals surface area contributed by atoms with Gasteiger partial charge in [-0.05, 0) is 18.2 Å². The molecule has 2 aliphatic rings. The number of morpholine rings is 1. The molecule has 2 amide bonds. The summed E-state index contributed by atoms with van der Waals surface area (Å²) in [7, 11) is 0. The van der Waals surface area contributed by atoms with E-state index in [1.54, 1.807) is 23.1 Å². The average Bonchev–Trinajstić information content (AvgIpc) is 3.12. The van der Waals surface area contributed by atoms with Gasteiger partial charge in [0.1, 0.15) is 0 Å². The maximum absolute atomic E-state index is 12.6. The molecule has 9 heteroatoms. The molecule has 142 valence electrons. The number of ether oxygens (including phenoxy) is 1. The lowest BCUT2D eigenvalue weighted by atomic mass is 10.1. The smallest absolute Gasteiger partial charge is 0.276 e. The van der Waals surface area contributed by atoms with Crippen LogP contribution in [0.3, 0.4) is 0 Å². The number of carbonyl (C=O) groups excluding carboxylic acids is 2. The summed E-state index contributed by atoms with van der Waals surface area (Å²) in [5, 5.41) is 13.4. The summed E-state index contributed by atoms with van der Waals surface area (Å²) in [6, 6.07) is 4.90. The number of aromatic nitrogens is 2. The molecule has 2 aromatic rings. The van der Waals surface area contributed by atoms with Crippen molar-refractivity contribution in [3.8, 4) is 0 Å². The molecule has 0 aliphatic carbocycles. The van der Waals surface area contributed by atoms with Gasteiger partial charge in [0.2, 0.25) is 0 Å². The highest BCUT2D eigenvalue weighted by molar-refractivity contribution is 6.34. The van der Waals surface area contributed by atoms with Crippen LogP contribution in [0.15, 0.2) is 18.2 Å². The Balaban J connectivity index is 1.48. The molecule has 2 aliphatic heterocycles. The molecule has 3 heterocycles. The van der Waals surface area contributed by atoms with E-state index in [0.29, 0.717) is 54.8 Å². The van der Waals surface area contributed by atoms with Gasteiger partial charge in [0.25, 0.3) is 11.8 Å². The number of aromatic amines is 1. The van der Waals surface area contributed by atoms with E-state index in [0.717, 1.165) is 24.2 Å². The molecule has 0 spiro atoms. The van der Waals surface area contributed by atoms with Crippen LogP contribution in [0.1, 0.15) is 32.1 Å². The molecule has 8 nitrogen and oxygen atoms in total. The normalized spacial score (nSPS) is 16.7. The third kappa shape index (κ3) is 3.69. The zero-order valence-corrected chi connectivity index (χ0v) is 15.4. The maximum Gasteiger partial charge on any atom is 0.276 e. The second-order valence-electron chi connectivity index (χ2n) is 6.51. The topological polar surface area (TPSA) is 99.3 Å². The quantitative estimate of drug-likeness (QED) is 0.737. The number of nitrogens with zero attached hydrogens (tertiary/aromatic N) is 2. The van der Waals surface area contributed by atoms with E-state index in [4.69, 9.17) is 16.3 Å². The minimum atomic E-state index is -0.306. The summed E-state index contributed by atoms with van der Waals surface area (Å²) in [5.74, 6) is -0.437. The fraction of sp³-hybridized carbons (Fsp3) is 0.389. The molecule has 1 aromatic carbocycles. The van der Waals surface area contributed by atoms with Gasteiger partial charge in [-0.3, -0.25) is 14.7 Å². The molecule has 1 saturated heterocycles. The summed E-state index contributed by atoms with van der Waals surface area (Å²) < 4.78 is 5.27. The van der Waals surface area contributed by atoms with Crippen LogP contribution in [0.2, 0.25) is 5.02 Å². The van der Waals surface area contributed by atoms with Crippen LogP contribution in [0.4, 0.5) is 5.69 Å². The zero-order chi connectivity index (χ0) is 18.8. The number of anilines is 1. The first-order chi connectivity index (χ1) is 13.1. The van der Waals surface area contributed by atoms with Crippen molar-refractivity contribution in [3.63, 3.8) is 0 Å². The molecule has 0 unspecified atom stereocenters. The largest absolute Gasteiger partial charge is 0.378 e. The van der Waals surface area contributed by atoms with E-state index in [1.807, 2.05) is 0 Å². The molecule has 0 bridgehead atoms. The highest BCUT2D eigenvalue weighted by Crippen LogP contribution is 2.24. The number of rotatable bonds is 3. The number of nitrogens with one attached hydrogen (secondary N) is 3. The van der Waals surface area contributed by atoms with Crippen molar-refractivity contribution >= 4 is 29.1 Å². The minimum absolute atomic E-state index is 0.131. The third-order valence-corrected chi connectivity index (χ3v) is 5.09. The maximum atomic E-state index is 12.6. The van der Waals surface area contributed by atoms with Gasteiger partial charge in [-0.2, -0.15) is 5.10 Å². The Bertz CT molecular complexity index is 876. The molecule has 0 saturated carbocycles. The number of hydrogen-bond acceptors (Lipinski definition) is 5. The van der Waals surface area contributed by atoms with Gasteiger partial charge in [0, 0.05) is 49.5 Å². The van der Waals surface area contributed by atoms with Crippen LogP contribution in [-0.2, 0) is 17.7 Å². The first-order valence-corrected chi connectivity index (χ1v) is 9.26.